The largest absolute Gasteiger partial charge is 0.457 e. The third-order valence-corrected chi connectivity index (χ3v) is 5.31. The number of hydrogen-bond acceptors (Lipinski definition) is 3. The van der Waals surface area contributed by atoms with Gasteiger partial charge in [-0.3, -0.25) is 0 Å². The van der Waals surface area contributed by atoms with Crippen LogP contribution in [0.2, 0.25) is 0 Å². The number of halogens is 2. The summed E-state index contributed by atoms with van der Waals surface area (Å²) >= 11 is 11.3. The van der Waals surface area contributed by atoms with Gasteiger partial charge < -0.3 is 14.8 Å². The summed E-state index contributed by atoms with van der Waals surface area (Å²) in [6.45, 7) is 0.980. The summed E-state index contributed by atoms with van der Waals surface area (Å²) in [4.78, 5) is 0.712. The van der Waals surface area contributed by atoms with Crippen molar-refractivity contribution in [1.82, 2.24) is 5.32 Å². The summed E-state index contributed by atoms with van der Waals surface area (Å²) in [7, 11) is 0. The number of ether oxygens (including phenoxy) is 2. The highest BCUT2D eigenvalue weighted by atomic mass is 127. The van der Waals surface area contributed by atoms with Crippen LogP contribution in [0.3, 0.4) is 0 Å². The molecule has 112 valence electrons. The Kier molecular flexibility index (Phi) is 3.67. The predicted octanol–water partition coefficient (Wildman–Crippen LogP) is 4.35. The number of benzene rings is 2. The van der Waals surface area contributed by atoms with Crippen molar-refractivity contribution >= 4 is 55.7 Å². The smallest absolute Gasteiger partial charge is 0.133 e. The van der Waals surface area contributed by atoms with Gasteiger partial charge in [-0.05, 0) is 59.0 Å². The quantitative estimate of drug-likeness (QED) is 0.442. The van der Waals surface area contributed by atoms with E-state index in [1.165, 1.54) is 0 Å². The van der Waals surface area contributed by atoms with Gasteiger partial charge in [0.15, 0.2) is 0 Å². The van der Waals surface area contributed by atoms with Crippen LogP contribution in [-0.2, 0) is 10.3 Å². The normalized spacial score (nSPS) is 22.5. The Morgan fingerprint density at radius 3 is 2.64 bits per heavy atom. The molecule has 2 aliphatic rings. The number of thiocarbonyl (C=S) groups is 1. The minimum absolute atomic E-state index is 0.459. The van der Waals surface area contributed by atoms with E-state index in [2.05, 4.69) is 56.0 Å². The van der Waals surface area contributed by atoms with E-state index in [1.54, 1.807) is 0 Å². The van der Waals surface area contributed by atoms with Crippen LogP contribution in [0.4, 0.5) is 0 Å². The minimum atomic E-state index is -0.497. The molecule has 6 heteroatoms. The lowest BCUT2D eigenvalue weighted by Gasteiger charge is -2.43. The maximum Gasteiger partial charge on any atom is 0.133 e. The highest BCUT2D eigenvalue weighted by molar-refractivity contribution is 14.1. The first-order valence-electron chi connectivity index (χ1n) is 6.75. The van der Waals surface area contributed by atoms with Gasteiger partial charge in [0, 0.05) is 19.2 Å². The van der Waals surface area contributed by atoms with Gasteiger partial charge in [-0.15, -0.1) is 0 Å². The van der Waals surface area contributed by atoms with Crippen LogP contribution in [-0.4, -0.2) is 18.2 Å². The van der Waals surface area contributed by atoms with Gasteiger partial charge in [-0.25, -0.2) is 0 Å². The molecular formula is C16H11BrINO2S. The average molecular weight is 488 g/mol. The standard InChI is InChI=1S/C16H11BrINO2S/c17-9-1-3-13-11(5-9)16(8-20-7-15(22)19-16)12-6-10(18)2-4-14(12)21-13/h1-6H,7-8H2,(H,19,22). The van der Waals surface area contributed by atoms with Crippen molar-refractivity contribution in [3.8, 4) is 11.5 Å². The molecule has 1 spiro atoms. The third-order valence-electron chi connectivity index (χ3n) is 3.93. The number of morpholine rings is 1. The maximum absolute atomic E-state index is 6.09. The molecule has 1 saturated heterocycles. The highest BCUT2D eigenvalue weighted by Crippen LogP contribution is 2.48. The first kappa shape index (κ1) is 14.9. The molecule has 3 nitrogen and oxygen atoms in total. The molecule has 2 heterocycles. The van der Waals surface area contributed by atoms with Crippen molar-refractivity contribution in [2.75, 3.05) is 13.2 Å². The molecule has 2 aromatic rings. The molecule has 0 aromatic heterocycles. The van der Waals surface area contributed by atoms with Gasteiger partial charge in [-0.1, -0.05) is 28.1 Å². The van der Waals surface area contributed by atoms with Crippen LogP contribution in [0, 0.1) is 3.57 Å². The summed E-state index contributed by atoms with van der Waals surface area (Å²) in [5, 5.41) is 3.50. The Morgan fingerprint density at radius 2 is 1.86 bits per heavy atom. The van der Waals surface area contributed by atoms with E-state index in [1.807, 2.05) is 24.3 Å². The molecule has 22 heavy (non-hydrogen) atoms. The molecular weight excluding hydrogens is 477 g/mol. The summed E-state index contributed by atoms with van der Waals surface area (Å²) < 4.78 is 14.0. The molecule has 4 rings (SSSR count). The number of hydrogen-bond donors (Lipinski definition) is 1. The second kappa shape index (κ2) is 5.43. The van der Waals surface area contributed by atoms with Gasteiger partial charge in [0.05, 0.1) is 13.2 Å². The molecule has 1 atom stereocenters. The van der Waals surface area contributed by atoms with Crippen molar-refractivity contribution in [1.29, 1.82) is 0 Å². The lowest BCUT2D eigenvalue weighted by atomic mass is 9.80. The molecule has 0 saturated carbocycles. The molecule has 0 aliphatic carbocycles. The zero-order valence-electron chi connectivity index (χ0n) is 11.4. The van der Waals surface area contributed by atoms with Crippen LogP contribution in [0.15, 0.2) is 40.9 Å². The second-order valence-corrected chi connectivity index (χ2v) is 7.98. The number of fused-ring (bicyclic) bond motifs is 4. The van der Waals surface area contributed by atoms with E-state index in [4.69, 9.17) is 21.7 Å². The fourth-order valence-electron chi connectivity index (χ4n) is 3.01. The Bertz CT molecular complexity index is 744. The van der Waals surface area contributed by atoms with Crippen LogP contribution >= 0.6 is 50.7 Å². The fourth-order valence-corrected chi connectivity index (χ4v) is 4.12. The molecule has 1 unspecified atom stereocenters. The molecule has 0 radical (unpaired) electrons. The zero-order chi connectivity index (χ0) is 15.3. The van der Waals surface area contributed by atoms with Gasteiger partial charge in [0.1, 0.15) is 22.0 Å². The van der Waals surface area contributed by atoms with Crippen LogP contribution in [0.25, 0.3) is 0 Å². The molecule has 2 aromatic carbocycles. The third kappa shape index (κ3) is 2.28. The average Bonchev–Trinajstić information content (AvgIpc) is 2.49. The van der Waals surface area contributed by atoms with Crippen molar-refractivity contribution in [2.45, 2.75) is 5.54 Å². The van der Waals surface area contributed by atoms with Crippen molar-refractivity contribution in [3.05, 3.63) is 55.6 Å². The molecule has 2 aliphatic heterocycles. The lowest BCUT2D eigenvalue weighted by molar-refractivity contribution is 0.0922. The first-order valence-corrected chi connectivity index (χ1v) is 9.03. The Morgan fingerprint density at radius 1 is 1.14 bits per heavy atom. The first-order chi connectivity index (χ1) is 10.6. The Balaban J connectivity index is 2.01. The van der Waals surface area contributed by atoms with Crippen molar-refractivity contribution in [3.63, 3.8) is 0 Å². The summed E-state index contributed by atoms with van der Waals surface area (Å²) in [5.74, 6) is 1.67. The van der Waals surface area contributed by atoms with Crippen LogP contribution in [0.1, 0.15) is 11.1 Å². The monoisotopic (exact) mass is 487 g/mol. The Hall–Kier alpha value is -0.700. The van der Waals surface area contributed by atoms with E-state index >= 15 is 0 Å². The molecule has 0 bridgehead atoms. The minimum Gasteiger partial charge on any atom is -0.457 e. The van der Waals surface area contributed by atoms with Crippen LogP contribution in [0.5, 0.6) is 11.5 Å². The van der Waals surface area contributed by atoms with Crippen LogP contribution < -0.4 is 10.1 Å². The van der Waals surface area contributed by atoms with E-state index in [-0.39, 0.29) is 0 Å². The van der Waals surface area contributed by atoms with Gasteiger partial charge in [-0.2, -0.15) is 0 Å². The van der Waals surface area contributed by atoms with Gasteiger partial charge >= 0.3 is 0 Å². The molecule has 1 N–H and O–H groups in total. The highest BCUT2D eigenvalue weighted by Gasteiger charge is 2.45. The van der Waals surface area contributed by atoms with Gasteiger partial charge in [0.25, 0.3) is 0 Å². The molecule has 0 amide bonds. The Labute approximate surface area is 155 Å². The van der Waals surface area contributed by atoms with Crippen molar-refractivity contribution in [2.24, 2.45) is 0 Å². The lowest BCUT2D eigenvalue weighted by Crippen LogP contribution is -2.55. The van der Waals surface area contributed by atoms with Crippen molar-refractivity contribution < 1.29 is 9.47 Å². The predicted molar refractivity (Wildman–Crippen MR) is 101 cm³/mol. The van der Waals surface area contributed by atoms with Gasteiger partial charge in [0.2, 0.25) is 0 Å². The van der Waals surface area contributed by atoms with E-state index in [0.717, 1.165) is 30.7 Å². The topological polar surface area (TPSA) is 30.5 Å². The van der Waals surface area contributed by atoms with E-state index < -0.39 is 5.54 Å². The number of nitrogens with one attached hydrogen (secondary N) is 1. The maximum atomic E-state index is 6.09. The SMILES string of the molecule is S=C1COCC2(N1)c1cc(Br)ccc1Oc1ccc(I)cc12. The van der Waals surface area contributed by atoms with E-state index in [9.17, 15) is 0 Å². The summed E-state index contributed by atoms with van der Waals surface area (Å²) in [5.41, 5.74) is 1.61. The molecule has 1 fully saturated rings. The second-order valence-electron chi connectivity index (χ2n) is 5.33. The fraction of sp³-hybridized carbons (Fsp3) is 0.188. The van der Waals surface area contributed by atoms with E-state index in [0.29, 0.717) is 18.2 Å². The zero-order valence-corrected chi connectivity index (χ0v) is 15.9. The summed E-state index contributed by atoms with van der Waals surface area (Å²) in [6, 6.07) is 12.2. The summed E-state index contributed by atoms with van der Waals surface area (Å²) in [6.07, 6.45) is 0. The number of rotatable bonds is 0.